The van der Waals surface area contributed by atoms with E-state index < -0.39 is 24.1 Å². The number of amides is 4. The number of carbonyl (C=O) groups excluding carboxylic acids is 4. The van der Waals surface area contributed by atoms with Crippen molar-refractivity contribution in [3.8, 4) is 0 Å². The van der Waals surface area contributed by atoms with Gasteiger partial charge in [0.1, 0.15) is 6.61 Å². The van der Waals surface area contributed by atoms with Gasteiger partial charge in [-0.3, -0.25) is 19.3 Å². The van der Waals surface area contributed by atoms with Crippen LogP contribution in [0.4, 0.5) is 4.79 Å². The molecule has 7 heteroatoms. The minimum atomic E-state index is -0.655. The number of benzene rings is 3. The first-order chi connectivity index (χ1) is 17.9. The molecule has 3 atom stereocenters. The molecule has 188 valence electrons. The van der Waals surface area contributed by atoms with Crippen molar-refractivity contribution in [1.82, 2.24) is 9.80 Å². The minimum Gasteiger partial charge on any atom is -0.447 e. The molecule has 7 nitrogen and oxygen atoms in total. The molecule has 2 aliphatic rings. The molecule has 0 unspecified atom stereocenters. The van der Waals surface area contributed by atoms with E-state index in [0.29, 0.717) is 24.0 Å². The fraction of sp³-hybridized carbons (Fsp3) is 0.267. The van der Waals surface area contributed by atoms with Crippen LogP contribution in [0.5, 0.6) is 0 Å². The van der Waals surface area contributed by atoms with Crippen LogP contribution in [0, 0.1) is 5.92 Å². The molecule has 37 heavy (non-hydrogen) atoms. The molecule has 0 N–H and O–H groups in total. The molecule has 0 aliphatic carbocycles. The van der Waals surface area contributed by atoms with Gasteiger partial charge in [-0.1, -0.05) is 79.7 Å². The molecule has 3 aromatic carbocycles. The first kappa shape index (κ1) is 24.4. The summed E-state index contributed by atoms with van der Waals surface area (Å²) < 4.78 is 5.25. The fourth-order valence-corrected chi connectivity index (χ4v) is 5.22. The highest BCUT2D eigenvalue weighted by molar-refractivity contribution is 6.21. The number of ether oxygens (including phenoxy) is 1. The van der Waals surface area contributed by atoms with E-state index in [4.69, 9.17) is 4.74 Å². The standard InChI is InChI=1S/C30H28N2O5/c1-20(27(33)32-24(19-37-30(32)36)18-22-12-6-3-7-13-22)16-23(17-21-10-4-2-5-11-21)31-28(34)25-14-8-9-15-26(25)29(31)35/h2-15,20,23-24H,16-19H2,1H3/t20-,23-,24-/m1/s1. The molecular weight excluding hydrogens is 468 g/mol. The summed E-state index contributed by atoms with van der Waals surface area (Å²) in [7, 11) is 0. The highest BCUT2D eigenvalue weighted by Gasteiger charge is 2.43. The molecule has 2 heterocycles. The number of hydrogen-bond donors (Lipinski definition) is 0. The molecule has 0 bridgehead atoms. The molecular formula is C30H28N2O5. The summed E-state index contributed by atoms with van der Waals surface area (Å²) in [5.41, 5.74) is 2.70. The molecule has 4 amide bonds. The summed E-state index contributed by atoms with van der Waals surface area (Å²) in [5, 5.41) is 0. The van der Waals surface area contributed by atoms with Crippen molar-refractivity contribution in [2.75, 3.05) is 6.61 Å². The zero-order chi connectivity index (χ0) is 25.9. The number of carbonyl (C=O) groups is 4. The SMILES string of the molecule is C[C@H](C[C@H](Cc1ccccc1)N1C(=O)c2ccccc2C1=O)C(=O)N1C(=O)OC[C@H]1Cc1ccccc1. The van der Waals surface area contributed by atoms with Crippen molar-refractivity contribution < 1.29 is 23.9 Å². The van der Waals surface area contributed by atoms with Crippen LogP contribution in [0.3, 0.4) is 0 Å². The molecule has 0 aromatic heterocycles. The predicted octanol–water partition coefficient (Wildman–Crippen LogP) is 4.51. The number of cyclic esters (lactones) is 1. The molecule has 0 spiro atoms. The van der Waals surface area contributed by atoms with Gasteiger partial charge in [-0.2, -0.15) is 0 Å². The lowest BCUT2D eigenvalue weighted by atomic mass is 9.93. The van der Waals surface area contributed by atoms with Crippen LogP contribution >= 0.6 is 0 Å². The summed E-state index contributed by atoms with van der Waals surface area (Å²) in [6, 6.07) is 25.0. The van der Waals surface area contributed by atoms with Gasteiger partial charge in [0.25, 0.3) is 11.8 Å². The van der Waals surface area contributed by atoms with E-state index in [-0.39, 0.29) is 30.7 Å². The van der Waals surface area contributed by atoms with Gasteiger partial charge in [-0.15, -0.1) is 0 Å². The first-order valence-electron chi connectivity index (χ1n) is 12.5. The third-order valence-corrected chi connectivity index (χ3v) is 7.06. The van der Waals surface area contributed by atoms with Crippen molar-refractivity contribution in [2.45, 2.75) is 38.3 Å². The average molecular weight is 497 g/mol. The van der Waals surface area contributed by atoms with E-state index in [1.807, 2.05) is 60.7 Å². The van der Waals surface area contributed by atoms with Gasteiger partial charge in [-0.25, -0.2) is 9.69 Å². The Kier molecular flexibility index (Phi) is 6.86. The Hall–Kier alpha value is -4.26. The summed E-state index contributed by atoms with van der Waals surface area (Å²) in [6.45, 7) is 1.88. The first-order valence-corrected chi connectivity index (χ1v) is 12.5. The largest absolute Gasteiger partial charge is 0.447 e. The van der Waals surface area contributed by atoms with Gasteiger partial charge in [0, 0.05) is 12.0 Å². The lowest BCUT2D eigenvalue weighted by Gasteiger charge is -2.30. The topological polar surface area (TPSA) is 84.0 Å². The van der Waals surface area contributed by atoms with Crippen molar-refractivity contribution in [1.29, 1.82) is 0 Å². The zero-order valence-electron chi connectivity index (χ0n) is 20.6. The molecule has 1 fully saturated rings. The molecule has 3 aromatic rings. The van der Waals surface area contributed by atoms with E-state index in [1.165, 1.54) is 9.80 Å². The van der Waals surface area contributed by atoms with Gasteiger partial charge in [0.2, 0.25) is 5.91 Å². The smallest absolute Gasteiger partial charge is 0.416 e. The Morgan fingerprint density at radius 2 is 1.38 bits per heavy atom. The van der Waals surface area contributed by atoms with Crippen LogP contribution in [-0.2, 0) is 22.4 Å². The van der Waals surface area contributed by atoms with E-state index >= 15 is 0 Å². The molecule has 1 saturated heterocycles. The number of rotatable bonds is 8. The second-order valence-corrected chi connectivity index (χ2v) is 9.63. The zero-order valence-corrected chi connectivity index (χ0v) is 20.6. The maximum atomic E-state index is 13.6. The Labute approximate surface area is 215 Å². The average Bonchev–Trinajstić information content (AvgIpc) is 3.40. The Balaban J connectivity index is 1.38. The number of hydrogen-bond acceptors (Lipinski definition) is 5. The number of nitrogens with zero attached hydrogens (tertiary/aromatic N) is 2. The highest BCUT2D eigenvalue weighted by atomic mass is 16.6. The van der Waals surface area contributed by atoms with E-state index in [9.17, 15) is 19.2 Å². The Morgan fingerprint density at radius 1 is 0.838 bits per heavy atom. The number of fused-ring (bicyclic) bond motifs is 1. The van der Waals surface area contributed by atoms with Gasteiger partial charge < -0.3 is 4.74 Å². The summed E-state index contributed by atoms with van der Waals surface area (Å²) in [4.78, 5) is 55.2. The predicted molar refractivity (Wildman–Crippen MR) is 137 cm³/mol. The van der Waals surface area contributed by atoms with Crippen LogP contribution in [0.15, 0.2) is 84.9 Å². The van der Waals surface area contributed by atoms with Crippen molar-refractivity contribution in [3.05, 3.63) is 107 Å². The number of imide groups is 2. The van der Waals surface area contributed by atoms with Crippen LogP contribution in [0.1, 0.15) is 45.2 Å². The van der Waals surface area contributed by atoms with Crippen LogP contribution in [-0.4, -0.2) is 52.3 Å². The van der Waals surface area contributed by atoms with E-state index in [0.717, 1.165) is 11.1 Å². The molecule has 0 radical (unpaired) electrons. The summed E-state index contributed by atoms with van der Waals surface area (Å²) in [6.07, 6.45) is 0.470. The lowest BCUT2D eigenvalue weighted by Crippen LogP contribution is -2.47. The fourth-order valence-electron chi connectivity index (χ4n) is 5.22. The molecule has 0 saturated carbocycles. The second-order valence-electron chi connectivity index (χ2n) is 9.63. The lowest BCUT2D eigenvalue weighted by molar-refractivity contribution is -0.133. The summed E-state index contributed by atoms with van der Waals surface area (Å²) in [5.74, 6) is -1.70. The highest BCUT2D eigenvalue weighted by Crippen LogP contribution is 2.30. The Morgan fingerprint density at radius 3 is 1.97 bits per heavy atom. The van der Waals surface area contributed by atoms with Crippen molar-refractivity contribution in [2.24, 2.45) is 5.92 Å². The maximum absolute atomic E-state index is 13.6. The van der Waals surface area contributed by atoms with E-state index in [1.54, 1.807) is 31.2 Å². The Bertz CT molecular complexity index is 1290. The van der Waals surface area contributed by atoms with Crippen molar-refractivity contribution >= 4 is 23.8 Å². The third-order valence-electron chi connectivity index (χ3n) is 7.06. The molecule has 2 aliphatic heterocycles. The van der Waals surface area contributed by atoms with Gasteiger partial charge in [0.05, 0.1) is 17.2 Å². The maximum Gasteiger partial charge on any atom is 0.416 e. The molecule has 5 rings (SSSR count). The minimum absolute atomic E-state index is 0.137. The van der Waals surface area contributed by atoms with Gasteiger partial charge >= 0.3 is 6.09 Å². The van der Waals surface area contributed by atoms with Crippen LogP contribution < -0.4 is 0 Å². The van der Waals surface area contributed by atoms with Gasteiger partial charge in [-0.05, 0) is 42.5 Å². The summed E-state index contributed by atoms with van der Waals surface area (Å²) >= 11 is 0. The van der Waals surface area contributed by atoms with E-state index in [2.05, 4.69) is 0 Å². The third kappa shape index (κ3) is 4.89. The van der Waals surface area contributed by atoms with Crippen molar-refractivity contribution in [3.63, 3.8) is 0 Å². The second kappa shape index (κ2) is 10.4. The normalized spacial score (nSPS) is 18.5. The monoisotopic (exact) mass is 496 g/mol. The van der Waals surface area contributed by atoms with Crippen LogP contribution in [0.25, 0.3) is 0 Å². The van der Waals surface area contributed by atoms with Gasteiger partial charge in [0.15, 0.2) is 0 Å². The van der Waals surface area contributed by atoms with Crippen LogP contribution in [0.2, 0.25) is 0 Å². The quantitative estimate of drug-likeness (QED) is 0.429.